The van der Waals surface area contributed by atoms with Crippen LogP contribution in [0.15, 0.2) is 30.5 Å². The number of hydrogen-bond acceptors (Lipinski definition) is 3. The lowest BCUT2D eigenvalue weighted by Crippen LogP contribution is -2.24. The van der Waals surface area contributed by atoms with Crippen LogP contribution in [0.25, 0.3) is 0 Å². The molecule has 0 fully saturated rings. The van der Waals surface area contributed by atoms with Crippen LogP contribution < -0.4 is 5.32 Å². The molecule has 1 heterocycles. The summed E-state index contributed by atoms with van der Waals surface area (Å²) in [4.78, 5) is 0. The molecule has 0 aliphatic heterocycles. The molecular weight excluding hydrogens is 286 g/mol. The Morgan fingerprint density at radius 3 is 2.81 bits per heavy atom. The van der Waals surface area contributed by atoms with E-state index in [-0.39, 0.29) is 6.04 Å². The van der Waals surface area contributed by atoms with Gasteiger partial charge in [0.2, 0.25) is 0 Å². The highest BCUT2D eigenvalue weighted by atomic mass is 35.5. The Kier molecular flexibility index (Phi) is 5.79. The van der Waals surface area contributed by atoms with Crippen molar-refractivity contribution < 1.29 is 4.74 Å². The summed E-state index contributed by atoms with van der Waals surface area (Å²) in [7, 11) is 3.63. The Morgan fingerprint density at radius 2 is 2.14 bits per heavy atom. The molecule has 1 aromatic heterocycles. The highest BCUT2D eigenvalue weighted by Crippen LogP contribution is 2.30. The molecule has 114 valence electrons. The van der Waals surface area contributed by atoms with Crippen molar-refractivity contribution in [3.63, 3.8) is 0 Å². The normalized spacial score (nSPS) is 12.6. The number of aromatic nitrogens is 2. The van der Waals surface area contributed by atoms with Gasteiger partial charge in [-0.1, -0.05) is 42.8 Å². The minimum absolute atomic E-state index is 0.0213. The third kappa shape index (κ3) is 3.46. The number of halogens is 1. The number of methoxy groups -OCH3 is 1. The molecular formula is C16H22ClN3O. The number of aryl methyl sites for hydroxylation is 1. The molecule has 0 spiro atoms. The van der Waals surface area contributed by atoms with E-state index in [0.717, 1.165) is 12.1 Å². The average Bonchev–Trinajstić information content (AvgIpc) is 2.88. The van der Waals surface area contributed by atoms with Crippen LogP contribution in [0.3, 0.4) is 0 Å². The molecule has 0 radical (unpaired) electrons. The van der Waals surface area contributed by atoms with Gasteiger partial charge in [-0.15, -0.1) is 0 Å². The quantitative estimate of drug-likeness (QED) is 0.854. The van der Waals surface area contributed by atoms with E-state index in [4.69, 9.17) is 16.3 Å². The highest BCUT2D eigenvalue weighted by molar-refractivity contribution is 6.31. The summed E-state index contributed by atoms with van der Waals surface area (Å²) in [6.07, 6.45) is 2.68. The molecule has 0 bridgehead atoms. The Morgan fingerprint density at radius 1 is 1.38 bits per heavy atom. The zero-order chi connectivity index (χ0) is 15.2. The van der Waals surface area contributed by atoms with Crippen LogP contribution >= 0.6 is 11.6 Å². The number of rotatable bonds is 7. The van der Waals surface area contributed by atoms with Crippen molar-refractivity contribution in [2.75, 3.05) is 20.8 Å². The molecule has 0 saturated heterocycles. The molecule has 0 aliphatic rings. The van der Waals surface area contributed by atoms with E-state index in [2.05, 4.69) is 41.6 Å². The summed E-state index contributed by atoms with van der Waals surface area (Å²) in [5.74, 6) is 0. The lowest BCUT2D eigenvalue weighted by atomic mass is 9.96. The number of hydrogen-bond donors (Lipinski definition) is 1. The zero-order valence-corrected chi connectivity index (χ0v) is 13.5. The molecule has 4 nitrogen and oxygen atoms in total. The van der Waals surface area contributed by atoms with Crippen LogP contribution in [0, 0.1) is 0 Å². The van der Waals surface area contributed by atoms with Gasteiger partial charge < -0.3 is 10.1 Å². The van der Waals surface area contributed by atoms with Crippen LogP contribution in [0.4, 0.5) is 0 Å². The number of nitrogens with zero attached hydrogens (tertiary/aromatic N) is 2. The van der Waals surface area contributed by atoms with E-state index in [1.54, 1.807) is 13.3 Å². The van der Waals surface area contributed by atoms with E-state index in [1.165, 1.54) is 11.1 Å². The van der Waals surface area contributed by atoms with Gasteiger partial charge >= 0.3 is 0 Å². The third-order valence-corrected chi connectivity index (χ3v) is 3.94. The van der Waals surface area contributed by atoms with Crippen molar-refractivity contribution in [1.82, 2.24) is 15.1 Å². The average molecular weight is 308 g/mol. The molecule has 0 aliphatic carbocycles. The summed E-state index contributed by atoms with van der Waals surface area (Å²) >= 11 is 6.38. The van der Waals surface area contributed by atoms with Crippen LogP contribution in [-0.4, -0.2) is 30.5 Å². The monoisotopic (exact) mass is 307 g/mol. The topological polar surface area (TPSA) is 39.1 Å². The molecule has 5 heteroatoms. The molecule has 0 saturated carbocycles. The first-order valence-electron chi connectivity index (χ1n) is 7.18. The van der Waals surface area contributed by atoms with Gasteiger partial charge in [0, 0.05) is 7.11 Å². The van der Waals surface area contributed by atoms with E-state index >= 15 is 0 Å². The molecule has 0 amide bonds. The van der Waals surface area contributed by atoms with Crippen LogP contribution in [0.1, 0.15) is 29.8 Å². The first kappa shape index (κ1) is 16.0. The molecule has 2 aromatic rings. The Bertz CT molecular complexity index is 583. The zero-order valence-electron chi connectivity index (χ0n) is 12.8. The fourth-order valence-corrected chi connectivity index (χ4v) is 2.84. The second kappa shape index (κ2) is 7.59. The summed E-state index contributed by atoms with van der Waals surface area (Å²) in [5, 5.41) is 8.41. The highest BCUT2D eigenvalue weighted by Gasteiger charge is 2.22. The SMILES string of the molecule is CCc1ccccc1C(NC)c1c(Cl)cnn1CCOC. The van der Waals surface area contributed by atoms with Gasteiger partial charge in [-0.25, -0.2) is 0 Å². The second-order valence-electron chi connectivity index (χ2n) is 4.87. The van der Waals surface area contributed by atoms with Gasteiger partial charge in [0.1, 0.15) is 0 Å². The van der Waals surface area contributed by atoms with Gasteiger partial charge in [-0.3, -0.25) is 4.68 Å². The molecule has 1 unspecified atom stereocenters. The van der Waals surface area contributed by atoms with Crippen molar-refractivity contribution >= 4 is 11.6 Å². The molecule has 21 heavy (non-hydrogen) atoms. The predicted molar refractivity (Wildman–Crippen MR) is 85.8 cm³/mol. The fraction of sp³-hybridized carbons (Fsp3) is 0.438. The van der Waals surface area contributed by atoms with Gasteiger partial charge in [0.15, 0.2) is 0 Å². The van der Waals surface area contributed by atoms with E-state index < -0.39 is 0 Å². The Balaban J connectivity index is 2.44. The minimum atomic E-state index is 0.0213. The minimum Gasteiger partial charge on any atom is -0.383 e. The van der Waals surface area contributed by atoms with Crippen LogP contribution in [-0.2, 0) is 17.7 Å². The molecule has 1 aromatic carbocycles. The van der Waals surface area contributed by atoms with Crippen molar-refractivity contribution in [2.24, 2.45) is 0 Å². The van der Waals surface area contributed by atoms with Crippen molar-refractivity contribution in [1.29, 1.82) is 0 Å². The Hall–Kier alpha value is -1.36. The second-order valence-corrected chi connectivity index (χ2v) is 5.27. The van der Waals surface area contributed by atoms with Crippen molar-refractivity contribution in [3.8, 4) is 0 Å². The molecule has 2 rings (SSSR count). The summed E-state index contributed by atoms with van der Waals surface area (Å²) in [6, 6.07) is 8.45. The fourth-order valence-electron chi connectivity index (χ4n) is 2.59. The maximum atomic E-state index is 6.38. The molecule has 1 atom stereocenters. The summed E-state index contributed by atoms with van der Waals surface area (Å²) < 4.78 is 7.07. The van der Waals surface area contributed by atoms with Gasteiger partial charge in [0.25, 0.3) is 0 Å². The van der Waals surface area contributed by atoms with Crippen LogP contribution in [0.5, 0.6) is 0 Å². The van der Waals surface area contributed by atoms with Crippen molar-refractivity contribution in [2.45, 2.75) is 25.9 Å². The lowest BCUT2D eigenvalue weighted by Gasteiger charge is -2.21. The van der Waals surface area contributed by atoms with Crippen LogP contribution in [0.2, 0.25) is 5.02 Å². The summed E-state index contributed by atoms with van der Waals surface area (Å²) in [5.41, 5.74) is 3.54. The van der Waals surface area contributed by atoms with E-state index in [1.807, 2.05) is 11.7 Å². The number of ether oxygens (including phenoxy) is 1. The predicted octanol–water partition coefficient (Wildman–Crippen LogP) is 3.05. The molecule has 1 N–H and O–H groups in total. The smallest absolute Gasteiger partial charge is 0.0837 e. The van der Waals surface area contributed by atoms with Gasteiger partial charge in [0.05, 0.1) is 36.1 Å². The van der Waals surface area contributed by atoms with Gasteiger partial charge in [-0.2, -0.15) is 5.10 Å². The lowest BCUT2D eigenvalue weighted by molar-refractivity contribution is 0.182. The van der Waals surface area contributed by atoms with E-state index in [0.29, 0.717) is 18.2 Å². The van der Waals surface area contributed by atoms with E-state index in [9.17, 15) is 0 Å². The Labute approximate surface area is 131 Å². The maximum Gasteiger partial charge on any atom is 0.0837 e. The standard InChI is InChI=1S/C16H22ClN3O/c1-4-12-7-5-6-8-13(12)15(18-2)16-14(17)11-19-20(16)9-10-21-3/h5-8,11,15,18H,4,9-10H2,1-3H3. The third-order valence-electron chi connectivity index (χ3n) is 3.65. The number of benzene rings is 1. The first-order chi connectivity index (χ1) is 10.2. The first-order valence-corrected chi connectivity index (χ1v) is 7.55. The summed E-state index contributed by atoms with van der Waals surface area (Å²) in [6.45, 7) is 3.46. The number of nitrogens with one attached hydrogen (secondary N) is 1. The largest absolute Gasteiger partial charge is 0.383 e. The van der Waals surface area contributed by atoms with Crippen molar-refractivity contribution in [3.05, 3.63) is 52.3 Å². The van der Waals surface area contributed by atoms with Gasteiger partial charge in [-0.05, 0) is 24.6 Å². The maximum absolute atomic E-state index is 6.38.